The van der Waals surface area contributed by atoms with E-state index in [0.29, 0.717) is 37.9 Å². The molecule has 5 aromatic carbocycles. The van der Waals surface area contributed by atoms with Crippen molar-refractivity contribution in [3.8, 4) is 0 Å². The van der Waals surface area contributed by atoms with Gasteiger partial charge < -0.3 is 28.2 Å². The van der Waals surface area contributed by atoms with E-state index in [2.05, 4.69) is 0 Å². The molecule has 0 bridgehead atoms. The van der Waals surface area contributed by atoms with Gasteiger partial charge in [-0.05, 0) is 27.8 Å². The standard InChI is InChI=1S/C44H48O9S2/c45-55(46,47)53-40(31-48-26-35-16-6-1-7-17-35)41(50-28-37-20-10-3-11-21-37)33-54-34-42(51-29-38-22-12-4-13-23-38)44(52-30-39-24-14-5-15-25-39)43(54)32-49-27-36-18-8-2-9-19-36/h1-25,40-44H,26-34H2/t40-,41+,42+,43+,44-,54?/m0/s1. The van der Waals surface area contributed by atoms with Crippen LogP contribution >= 0.6 is 0 Å². The summed E-state index contributed by atoms with van der Waals surface area (Å²) in [4.78, 5) is 0. The van der Waals surface area contributed by atoms with Crippen LogP contribution in [0.15, 0.2) is 152 Å². The summed E-state index contributed by atoms with van der Waals surface area (Å²) in [7, 11) is -5.63. The smallest absolute Gasteiger partial charge is 0.218 e. The molecule has 1 aliphatic heterocycles. The van der Waals surface area contributed by atoms with Crippen molar-refractivity contribution in [2.24, 2.45) is 0 Å². The van der Waals surface area contributed by atoms with E-state index in [1.807, 2.05) is 152 Å². The van der Waals surface area contributed by atoms with Crippen LogP contribution in [0.1, 0.15) is 27.8 Å². The molecule has 1 saturated heterocycles. The number of benzene rings is 5. The highest BCUT2D eigenvalue weighted by Crippen LogP contribution is 2.33. The summed E-state index contributed by atoms with van der Waals surface area (Å²) in [5.41, 5.74) is 4.92. The minimum Gasteiger partial charge on any atom is -0.726 e. The second-order valence-electron chi connectivity index (χ2n) is 13.4. The fraction of sp³-hybridized carbons (Fsp3) is 0.318. The van der Waals surface area contributed by atoms with Crippen molar-refractivity contribution in [2.75, 3.05) is 24.7 Å². The molecule has 0 radical (unpaired) electrons. The van der Waals surface area contributed by atoms with Crippen LogP contribution in [0, 0.1) is 0 Å². The van der Waals surface area contributed by atoms with Crippen LogP contribution in [0.3, 0.4) is 0 Å². The molecule has 6 atom stereocenters. The van der Waals surface area contributed by atoms with Gasteiger partial charge in [-0.3, -0.25) is 4.18 Å². The third-order valence-electron chi connectivity index (χ3n) is 9.26. The summed E-state index contributed by atoms with van der Waals surface area (Å²) in [5, 5.41) is -0.147. The predicted octanol–water partition coefficient (Wildman–Crippen LogP) is 7.02. The number of ether oxygens (including phenoxy) is 5. The van der Waals surface area contributed by atoms with E-state index in [9.17, 15) is 13.0 Å². The van der Waals surface area contributed by atoms with Gasteiger partial charge in [0.2, 0.25) is 10.4 Å². The zero-order valence-corrected chi connectivity index (χ0v) is 32.3. The molecule has 0 saturated carbocycles. The first-order chi connectivity index (χ1) is 26.9. The Labute approximate surface area is 327 Å². The summed E-state index contributed by atoms with van der Waals surface area (Å²) in [5.74, 6) is 0.968. The summed E-state index contributed by atoms with van der Waals surface area (Å²) in [6.45, 7) is 1.76. The summed E-state index contributed by atoms with van der Waals surface area (Å²) >= 11 is 0. The lowest BCUT2D eigenvalue weighted by atomic mass is 10.1. The van der Waals surface area contributed by atoms with Gasteiger partial charge in [0.1, 0.15) is 35.9 Å². The van der Waals surface area contributed by atoms with E-state index in [1.165, 1.54) is 0 Å². The molecular weight excluding hydrogens is 737 g/mol. The number of rotatable bonds is 22. The second kappa shape index (κ2) is 21.4. The van der Waals surface area contributed by atoms with E-state index < -0.39 is 33.5 Å². The maximum absolute atomic E-state index is 12.2. The molecular formula is C44H48O9S2. The van der Waals surface area contributed by atoms with Crippen molar-refractivity contribution >= 4 is 21.3 Å². The van der Waals surface area contributed by atoms with Gasteiger partial charge in [-0.15, -0.1) is 0 Å². The Hall–Kier alpha value is -3.88. The molecule has 9 nitrogen and oxygen atoms in total. The topological polar surface area (TPSA) is 113 Å². The first-order valence-electron chi connectivity index (χ1n) is 18.4. The first kappa shape index (κ1) is 40.8. The van der Waals surface area contributed by atoms with Crippen molar-refractivity contribution in [1.29, 1.82) is 0 Å². The zero-order chi connectivity index (χ0) is 38.1. The molecule has 1 fully saturated rings. The zero-order valence-electron chi connectivity index (χ0n) is 30.7. The van der Waals surface area contributed by atoms with Crippen molar-refractivity contribution in [3.63, 3.8) is 0 Å². The van der Waals surface area contributed by atoms with Crippen LogP contribution in [0.4, 0.5) is 0 Å². The number of hydrogen-bond acceptors (Lipinski definition) is 9. The largest absolute Gasteiger partial charge is 0.726 e. The summed E-state index contributed by atoms with van der Waals surface area (Å²) in [6.07, 6.45) is -2.69. The molecule has 0 aromatic heterocycles. The fourth-order valence-corrected chi connectivity index (χ4v) is 9.95. The van der Waals surface area contributed by atoms with Crippen molar-refractivity contribution in [3.05, 3.63) is 179 Å². The van der Waals surface area contributed by atoms with Crippen molar-refractivity contribution in [2.45, 2.75) is 62.7 Å². The van der Waals surface area contributed by atoms with Gasteiger partial charge in [-0.1, -0.05) is 152 Å². The van der Waals surface area contributed by atoms with Gasteiger partial charge in [0, 0.05) is 10.9 Å². The van der Waals surface area contributed by atoms with Crippen LogP contribution in [-0.4, -0.2) is 67.4 Å². The normalized spacial score (nSPS) is 19.6. The van der Waals surface area contributed by atoms with E-state index in [-0.39, 0.29) is 37.3 Å². The van der Waals surface area contributed by atoms with E-state index >= 15 is 0 Å². The third kappa shape index (κ3) is 13.7. The Bertz CT molecular complexity index is 1900. The minimum atomic E-state index is -5.12. The molecule has 0 amide bonds. The lowest BCUT2D eigenvalue weighted by molar-refractivity contribution is -0.0769. The van der Waals surface area contributed by atoms with Crippen LogP contribution in [0.5, 0.6) is 0 Å². The average Bonchev–Trinajstić information content (AvgIpc) is 3.54. The summed E-state index contributed by atoms with van der Waals surface area (Å²) < 4.78 is 74.3. The summed E-state index contributed by atoms with van der Waals surface area (Å²) in [6, 6.07) is 49.1. The van der Waals surface area contributed by atoms with Gasteiger partial charge in [-0.25, -0.2) is 8.42 Å². The highest BCUT2D eigenvalue weighted by Gasteiger charge is 2.54. The molecule has 5 aromatic rings. The van der Waals surface area contributed by atoms with Crippen LogP contribution < -0.4 is 0 Å². The van der Waals surface area contributed by atoms with E-state index in [0.717, 1.165) is 27.8 Å². The van der Waals surface area contributed by atoms with Gasteiger partial charge in [0.05, 0.1) is 46.2 Å². The lowest BCUT2D eigenvalue weighted by Crippen LogP contribution is -2.45. The molecule has 0 N–H and O–H groups in total. The molecule has 0 spiro atoms. The second-order valence-corrected chi connectivity index (χ2v) is 16.7. The molecule has 55 heavy (non-hydrogen) atoms. The molecule has 1 unspecified atom stereocenters. The van der Waals surface area contributed by atoms with Crippen LogP contribution in [0.25, 0.3) is 0 Å². The van der Waals surface area contributed by atoms with Crippen LogP contribution in [0.2, 0.25) is 0 Å². The van der Waals surface area contributed by atoms with Crippen molar-refractivity contribution in [1.82, 2.24) is 0 Å². The maximum Gasteiger partial charge on any atom is 0.218 e. The van der Waals surface area contributed by atoms with Gasteiger partial charge in [0.25, 0.3) is 0 Å². The Kier molecular flexibility index (Phi) is 15.9. The highest BCUT2D eigenvalue weighted by atomic mass is 32.3. The Morgan fingerprint density at radius 2 is 1.00 bits per heavy atom. The molecule has 1 heterocycles. The molecule has 11 heteroatoms. The Morgan fingerprint density at radius 3 is 1.49 bits per heavy atom. The molecule has 290 valence electrons. The molecule has 6 rings (SSSR count). The van der Waals surface area contributed by atoms with E-state index in [4.69, 9.17) is 27.9 Å². The molecule has 0 aliphatic carbocycles. The monoisotopic (exact) mass is 784 g/mol. The van der Waals surface area contributed by atoms with Gasteiger partial charge in [-0.2, -0.15) is 0 Å². The molecule has 1 aliphatic rings. The highest BCUT2D eigenvalue weighted by molar-refractivity contribution is 7.97. The lowest BCUT2D eigenvalue weighted by Gasteiger charge is -2.28. The quantitative estimate of drug-likeness (QED) is 0.0415. The maximum atomic E-state index is 12.2. The van der Waals surface area contributed by atoms with Gasteiger partial charge in [0.15, 0.2) is 5.25 Å². The van der Waals surface area contributed by atoms with Crippen LogP contribution in [-0.2, 0) is 82.2 Å². The van der Waals surface area contributed by atoms with Gasteiger partial charge >= 0.3 is 0 Å². The number of hydrogen-bond donors (Lipinski definition) is 0. The fourth-order valence-electron chi connectivity index (χ4n) is 6.48. The average molecular weight is 785 g/mol. The third-order valence-corrected chi connectivity index (χ3v) is 12.5. The van der Waals surface area contributed by atoms with E-state index in [1.54, 1.807) is 0 Å². The Balaban J connectivity index is 1.28. The first-order valence-corrected chi connectivity index (χ1v) is 21.4. The predicted molar refractivity (Wildman–Crippen MR) is 213 cm³/mol. The SMILES string of the molecule is O=S(=O)([O-])O[C@@H](COCc1ccccc1)[C@@H](C[S+]1C[C@@H](OCc2ccccc2)[C@H](OCc2ccccc2)[C@H]1COCc1ccccc1)OCc1ccccc1. The van der Waals surface area contributed by atoms with Crippen molar-refractivity contribution < 1.29 is 40.8 Å². The Morgan fingerprint density at radius 1 is 0.564 bits per heavy atom. The minimum absolute atomic E-state index is 0.147.